The van der Waals surface area contributed by atoms with Crippen molar-refractivity contribution in [3.05, 3.63) is 36.2 Å². The van der Waals surface area contributed by atoms with E-state index >= 15 is 0 Å². The van der Waals surface area contributed by atoms with E-state index in [0.29, 0.717) is 5.70 Å². The van der Waals surface area contributed by atoms with E-state index in [-0.39, 0.29) is 0 Å². The van der Waals surface area contributed by atoms with Crippen molar-refractivity contribution >= 4 is 0 Å². The summed E-state index contributed by atoms with van der Waals surface area (Å²) in [5.41, 5.74) is -0.324. The van der Waals surface area contributed by atoms with Crippen LogP contribution in [0.15, 0.2) is 36.2 Å². The molecule has 1 nitrogen and oxygen atoms in total. The van der Waals surface area contributed by atoms with Crippen LogP contribution in [-0.2, 0) is 0 Å². The molecule has 1 heterocycles. The number of allylic oxidation sites excluding steroid dienone is 3. The van der Waals surface area contributed by atoms with Crippen molar-refractivity contribution in [2.45, 2.75) is 20.0 Å². The molecule has 1 rings (SSSR count). The lowest BCUT2D eigenvalue weighted by atomic mass is 10.1. The predicted molar refractivity (Wildman–Crippen MR) is 51.5 cm³/mol. The van der Waals surface area contributed by atoms with E-state index in [1.54, 1.807) is 7.05 Å². The first kappa shape index (κ1) is 12.8. The third-order valence-electron chi connectivity index (χ3n) is 1.58. The molecule has 0 aromatic rings. The van der Waals surface area contributed by atoms with Crippen LogP contribution in [-0.4, -0.2) is 18.1 Å². The quantitative estimate of drug-likeness (QED) is 0.585. The number of halogens is 3. The second-order valence-electron chi connectivity index (χ2n) is 2.52. The number of rotatable bonds is 0. The topological polar surface area (TPSA) is 3.24 Å². The second kappa shape index (κ2) is 4.88. The molecule has 0 radical (unpaired) electrons. The van der Waals surface area contributed by atoms with E-state index in [2.05, 4.69) is 6.58 Å². The average molecular weight is 205 g/mol. The van der Waals surface area contributed by atoms with Crippen LogP contribution in [0.5, 0.6) is 0 Å². The first-order valence-electron chi connectivity index (χ1n) is 4.30. The minimum atomic E-state index is -4.28. The Bertz CT molecular complexity index is 261. The minimum absolute atomic E-state index is 0.338. The van der Waals surface area contributed by atoms with Crippen molar-refractivity contribution in [1.82, 2.24) is 4.90 Å². The van der Waals surface area contributed by atoms with Crippen molar-refractivity contribution in [1.29, 1.82) is 0 Å². The van der Waals surface area contributed by atoms with Gasteiger partial charge in [0.2, 0.25) is 0 Å². The fourth-order valence-electron chi connectivity index (χ4n) is 0.794. The molecular formula is C10H14F3N. The Balaban J connectivity index is 0.000000791. The summed E-state index contributed by atoms with van der Waals surface area (Å²) in [6.07, 6.45) is -0.902. The molecule has 0 unspecified atom stereocenters. The zero-order valence-electron chi connectivity index (χ0n) is 8.52. The molecule has 0 aromatic heterocycles. The summed E-state index contributed by atoms with van der Waals surface area (Å²) in [5, 5.41) is 0. The largest absolute Gasteiger partial charge is 0.416 e. The summed E-state index contributed by atoms with van der Waals surface area (Å²) in [4.78, 5) is 1.52. The molecule has 1 aliphatic heterocycles. The number of hydrogen-bond acceptors (Lipinski definition) is 1. The summed E-state index contributed by atoms with van der Waals surface area (Å²) in [5.74, 6) is 0. The van der Waals surface area contributed by atoms with E-state index in [9.17, 15) is 13.2 Å². The highest BCUT2D eigenvalue weighted by Crippen LogP contribution is 2.29. The molecule has 0 aliphatic carbocycles. The van der Waals surface area contributed by atoms with Gasteiger partial charge in [0, 0.05) is 18.9 Å². The highest BCUT2D eigenvalue weighted by atomic mass is 19.4. The molecule has 0 amide bonds. The Morgan fingerprint density at radius 3 is 2.14 bits per heavy atom. The summed E-state index contributed by atoms with van der Waals surface area (Å²) >= 11 is 0. The van der Waals surface area contributed by atoms with Gasteiger partial charge in [-0.05, 0) is 12.2 Å². The zero-order valence-corrected chi connectivity index (χ0v) is 8.52. The molecule has 1 aliphatic rings. The van der Waals surface area contributed by atoms with E-state index in [4.69, 9.17) is 0 Å². The van der Waals surface area contributed by atoms with Gasteiger partial charge >= 0.3 is 6.18 Å². The molecular weight excluding hydrogens is 191 g/mol. The fraction of sp³-hybridized carbons (Fsp3) is 0.400. The summed E-state index contributed by atoms with van der Waals surface area (Å²) in [6.45, 7) is 7.46. The van der Waals surface area contributed by atoms with Crippen molar-refractivity contribution in [2.75, 3.05) is 7.05 Å². The lowest BCUT2D eigenvalue weighted by molar-refractivity contribution is -0.0885. The molecule has 0 bridgehead atoms. The summed E-state index contributed by atoms with van der Waals surface area (Å²) in [6, 6.07) is 0. The number of alkyl halides is 3. The number of nitrogens with zero attached hydrogens (tertiary/aromatic N) is 1. The van der Waals surface area contributed by atoms with Crippen molar-refractivity contribution < 1.29 is 13.2 Å². The van der Waals surface area contributed by atoms with Gasteiger partial charge in [-0.25, -0.2) is 0 Å². The van der Waals surface area contributed by atoms with Gasteiger partial charge in [0.25, 0.3) is 0 Å². The van der Waals surface area contributed by atoms with Crippen molar-refractivity contribution in [2.24, 2.45) is 0 Å². The standard InChI is InChI=1S/C8H8F3N.C2H6/c1-6-5-7(8(9,10)11)3-4-12(6)2;1-2/h3-5H,1H2,2H3;1-2H3. The molecule has 4 heteroatoms. The Morgan fingerprint density at radius 1 is 1.29 bits per heavy atom. The van der Waals surface area contributed by atoms with Gasteiger partial charge in [0.05, 0.1) is 5.57 Å². The Kier molecular flexibility index (Phi) is 4.47. The van der Waals surface area contributed by atoms with Gasteiger partial charge in [-0.15, -0.1) is 0 Å². The smallest absolute Gasteiger partial charge is 0.352 e. The maximum atomic E-state index is 12.1. The normalized spacial score (nSPS) is 16.0. The van der Waals surface area contributed by atoms with Crippen LogP contribution in [0.2, 0.25) is 0 Å². The van der Waals surface area contributed by atoms with Gasteiger partial charge in [0.15, 0.2) is 0 Å². The molecule has 0 N–H and O–H groups in total. The maximum Gasteiger partial charge on any atom is 0.416 e. The van der Waals surface area contributed by atoms with Gasteiger partial charge in [0.1, 0.15) is 0 Å². The highest BCUT2D eigenvalue weighted by Gasteiger charge is 2.33. The first-order valence-corrected chi connectivity index (χ1v) is 4.30. The minimum Gasteiger partial charge on any atom is -0.352 e. The van der Waals surface area contributed by atoms with Crippen LogP contribution in [0, 0.1) is 0 Å². The third kappa shape index (κ3) is 3.28. The summed E-state index contributed by atoms with van der Waals surface area (Å²) in [7, 11) is 1.64. The SMILES string of the molecule is C=C1C=C(C(F)(F)F)C=CN1C.CC. The lowest BCUT2D eigenvalue weighted by Crippen LogP contribution is -2.18. The van der Waals surface area contributed by atoms with Crippen LogP contribution in [0.3, 0.4) is 0 Å². The Labute approximate surface area is 82.2 Å². The average Bonchev–Trinajstić information content (AvgIpc) is 2.11. The monoisotopic (exact) mass is 205 g/mol. The van der Waals surface area contributed by atoms with E-state index in [1.165, 1.54) is 11.1 Å². The molecule has 14 heavy (non-hydrogen) atoms. The summed E-state index contributed by atoms with van der Waals surface area (Å²) < 4.78 is 36.2. The van der Waals surface area contributed by atoms with Crippen LogP contribution >= 0.6 is 0 Å². The van der Waals surface area contributed by atoms with Crippen molar-refractivity contribution in [3.63, 3.8) is 0 Å². The fourth-order valence-corrected chi connectivity index (χ4v) is 0.794. The Morgan fingerprint density at radius 2 is 1.79 bits per heavy atom. The molecule has 0 aromatic carbocycles. The molecule has 0 saturated carbocycles. The van der Waals surface area contributed by atoms with E-state index in [0.717, 1.165) is 12.2 Å². The third-order valence-corrected chi connectivity index (χ3v) is 1.58. The lowest BCUT2D eigenvalue weighted by Gasteiger charge is -2.20. The van der Waals surface area contributed by atoms with Gasteiger partial charge in [-0.3, -0.25) is 0 Å². The van der Waals surface area contributed by atoms with E-state index < -0.39 is 11.7 Å². The molecule has 80 valence electrons. The van der Waals surface area contributed by atoms with Gasteiger partial charge in [-0.1, -0.05) is 20.4 Å². The predicted octanol–water partition coefficient (Wildman–Crippen LogP) is 3.47. The first-order chi connectivity index (χ1) is 6.41. The van der Waals surface area contributed by atoms with Crippen LogP contribution in [0.1, 0.15) is 13.8 Å². The maximum absolute atomic E-state index is 12.1. The van der Waals surface area contributed by atoms with E-state index in [1.807, 2.05) is 13.8 Å². The van der Waals surface area contributed by atoms with Crippen molar-refractivity contribution in [3.8, 4) is 0 Å². The second-order valence-corrected chi connectivity index (χ2v) is 2.52. The van der Waals surface area contributed by atoms with Gasteiger partial charge in [-0.2, -0.15) is 13.2 Å². The van der Waals surface area contributed by atoms with Crippen LogP contribution in [0.25, 0.3) is 0 Å². The molecule has 0 atom stereocenters. The van der Waals surface area contributed by atoms with Crippen LogP contribution in [0.4, 0.5) is 13.2 Å². The Hall–Kier alpha value is -1.19. The van der Waals surface area contributed by atoms with Crippen LogP contribution < -0.4 is 0 Å². The highest BCUT2D eigenvalue weighted by molar-refractivity contribution is 5.36. The molecule has 0 fully saturated rings. The molecule has 0 saturated heterocycles. The number of likely N-dealkylation sites (N-methyl/N-ethyl adjacent to an activating group) is 1. The zero-order chi connectivity index (χ0) is 11.4. The number of hydrogen-bond donors (Lipinski definition) is 0. The molecule has 0 spiro atoms. The van der Waals surface area contributed by atoms with Gasteiger partial charge < -0.3 is 4.90 Å².